The van der Waals surface area contributed by atoms with E-state index in [1.807, 2.05) is 38.1 Å². The number of hydrogen-bond donors (Lipinski definition) is 1. The van der Waals surface area contributed by atoms with Gasteiger partial charge in [-0.1, -0.05) is 30.3 Å². The Bertz CT molecular complexity index is 1020. The lowest BCUT2D eigenvalue weighted by atomic mass is 10.1. The first kappa shape index (κ1) is 18.6. The van der Waals surface area contributed by atoms with E-state index < -0.39 is 0 Å². The molecule has 1 heterocycles. The molecular formula is C21H23N3O3. The molecule has 0 atom stereocenters. The first-order chi connectivity index (χ1) is 13.0. The lowest BCUT2D eigenvalue weighted by Gasteiger charge is -2.13. The highest BCUT2D eigenvalue weighted by molar-refractivity contribution is 6.04. The largest absolute Gasteiger partial charge is 0.497 e. The van der Waals surface area contributed by atoms with E-state index in [0.717, 1.165) is 11.3 Å². The number of carbonyl (C=O) groups excluding carboxylic acids is 1. The minimum atomic E-state index is -0.288. The van der Waals surface area contributed by atoms with Gasteiger partial charge >= 0.3 is 0 Å². The predicted octanol–water partition coefficient (Wildman–Crippen LogP) is 2.96. The van der Waals surface area contributed by atoms with Crippen LogP contribution in [0.2, 0.25) is 0 Å². The molecule has 0 aliphatic carbocycles. The highest BCUT2D eigenvalue weighted by Crippen LogP contribution is 2.15. The predicted molar refractivity (Wildman–Crippen MR) is 105 cm³/mol. The summed E-state index contributed by atoms with van der Waals surface area (Å²) in [5.74, 6) is 0.499. The van der Waals surface area contributed by atoms with Crippen LogP contribution < -0.4 is 15.6 Å². The Morgan fingerprint density at radius 3 is 2.59 bits per heavy atom. The van der Waals surface area contributed by atoms with Crippen molar-refractivity contribution in [3.63, 3.8) is 0 Å². The Balaban J connectivity index is 1.83. The Morgan fingerprint density at radius 2 is 1.89 bits per heavy atom. The molecule has 0 aliphatic heterocycles. The van der Waals surface area contributed by atoms with Gasteiger partial charge in [0.2, 0.25) is 0 Å². The third kappa shape index (κ3) is 4.00. The molecule has 0 bridgehead atoms. The molecule has 1 amide bonds. The van der Waals surface area contributed by atoms with E-state index in [1.165, 1.54) is 4.68 Å². The maximum atomic E-state index is 12.7. The van der Waals surface area contributed by atoms with Gasteiger partial charge in [-0.05, 0) is 44.0 Å². The van der Waals surface area contributed by atoms with Crippen LogP contribution in [0.1, 0.15) is 35.9 Å². The zero-order chi connectivity index (χ0) is 19.4. The highest BCUT2D eigenvalue weighted by Gasteiger charge is 2.17. The van der Waals surface area contributed by atoms with Gasteiger partial charge in [-0.25, -0.2) is 4.68 Å². The van der Waals surface area contributed by atoms with Crippen LogP contribution in [-0.4, -0.2) is 29.3 Å². The zero-order valence-corrected chi connectivity index (χ0v) is 15.7. The van der Waals surface area contributed by atoms with Crippen LogP contribution >= 0.6 is 0 Å². The minimum Gasteiger partial charge on any atom is -0.497 e. The molecule has 0 radical (unpaired) electrons. The minimum absolute atomic E-state index is 0.134. The molecule has 0 unspecified atom stereocenters. The van der Waals surface area contributed by atoms with Crippen LogP contribution in [0.3, 0.4) is 0 Å². The van der Waals surface area contributed by atoms with Gasteiger partial charge in [-0.2, -0.15) is 5.10 Å². The number of nitrogens with one attached hydrogen (secondary N) is 1. The Kier molecular flexibility index (Phi) is 5.54. The van der Waals surface area contributed by atoms with Gasteiger partial charge in [0, 0.05) is 11.9 Å². The van der Waals surface area contributed by atoms with E-state index >= 15 is 0 Å². The Morgan fingerprint density at radius 1 is 1.15 bits per heavy atom. The summed E-state index contributed by atoms with van der Waals surface area (Å²) in [6.45, 7) is 4.20. The number of hydrogen-bond acceptors (Lipinski definition) is 4. The van der Waals surface area contributed by atoms with E-state index in [4.69, 9.17) is 4.74 Å². The molecule has 0 fully saturated rings. The number of aromatic nitrogens is 2. The topological polar surface area (TPSA) is 73.2 Å². The summed E-state index contributed by atoms with van der Waals surface area (Å²) >= 11 is 0. The van der Waals surface area contributed by atoms with Crippen LogP contribution in [-0.2, 0) is 6.42 Å². The second-order valence-corrected chi connectivity index (χ2v) is 6.60. The molecule has 2 aromatic carbocycles. The van der Waals surface area contributed by atoms with Gasteiger partial charge in [-0.3, -0.25) is 9.59 Å². The van der Waals surface area contributed by atoms with E-state index in [2.05, 4.69) is 10.4 Å². The lowest BCUT2D eigenvalue weighted by Crippen LogP contribution is -2.32. The number of carbonyl (C=O) groups is 1. The van der Waals surface area contributed by atoms with Crippen LogP contribution in [0.4, 0.5) is 0 Å². The fourth-order valence-electron chi connectivity index (χ4n) is 2.96. The second-order valence-electron chi connectivity index (χ2n) is 6.60. The molecule has 3 aromatic rings. The summed E-state index contributed by atoms with van der Waals surface area (Å²) in [7, 11) is 1.63. The van der Waals surface area contributed by atoms with Crippen molar-refractivity contribution in [1.82, 2.24) is 15.1 Å². The average Bonchev–Trinajstić information content (AvgIpc) is 2.68. The van der Waals surface area contributed by atoms with Crippen LogP contribution in [0.15, 0.2) is 53.3 Å². The fourth-order valence-corrected chi connectivity index (χ4v) is 2.96. The molecule has 6 nitrogen and oxygen atoms in total. The number of ether oxygens (including phenoxy) is 1. The Hall–Kier alpha value is -3.15. The normalized spacial score (nSPS) is 11.0. The maximum Gasteiger partial charge on any atom is 0.274 e. The monoisotopic (exact) mass is 365 g/mol. The fraction of sp³-hybridized carbons (Fsp3) is 0.286. The van der Waals surface area contributed by atoms with Crippen molar-refractivity contribution in [3.8, 4) is 5.75 Å². The van der Waals surface area contributed by atoms with Crippen molar-refractivity contribution in [1.29, 1.82) is 0 Å². The number of amides is 1. The molecule has 0 saturated heterocycles. The van der Waals surface area contributed by atoms with Gasteiger partial charge in [0.25, 0.3) is 11.5 Å². The van der Waals surface area contributed by atoms with Crippen molar-refractivity contribution in [2.24, 2.45) is 0 Å². The average molecular weight is 365 g/mol. The van der Waals surface area contributed by atoms with Gasteiger partial charge in [0.05, 0.1) is 18.5 Å². The van der Waals surface area contributed by atoms with Crippen molar-refractivity contribution in [2.75, 3.05) is 13.7 Å². The number of fused-ring (bicyclic) bond motifs is 1. The first-order valence-corrected chi connectivity index (χ1v) is 8.94. The number of benzene rings is 2. The van der Waals surface area contributed by atoms with Gasteiger partial charge in [0.15, 0.2) is 5.69 Å². The van der Waals surface area contributed by atoms with E-state index in [-0.39, 0.29) is 23.2 Å². The zero-order valence-electron chi connectivity index (χ0n) is 15.7. The standard InChI is InChI=1S/C21H23N3O3/c1-14(2)24-21(26)18-10-5-4-9-17(18)19(23-24)20(25)22-12-11-15-7-6-8-16(13-15)27-3/h4-10,13-14H,11-12H2,1-3H3,(H,22,25). The van der Waals surface area contributed by atoms with Gasteiger partial charge < -0.3 is 10.1 Å². The van der Waals surface area contributed by atoms with Crippen LogP contribution in [0, 0.1) is 0 Å². The highest BCUT2D eigenvalue weighted by atomic mass is 16.5. The van der Waals surface area contributed by atoms with E-state index in [0.29, 0.717) is 23.7 Å². The maximum absolute atomic E-state index is 12.7. The van der Waals surface area contributed by atoms with E-state index in [1.54, 1.807) is 31.4 Å². The van der Waals surface area contributed by atoms with Gasteiger partial charge in [0.1, 0.15) is 5.75 Å². The number of nitrogens with zero attached hydrogens (tertiary/aromatic N) is 2. The van der Waals surface area contributed by atoms with Crippen LogP contribution in [0.25, 0.3) is 10.8 Å². The van der Waals surface area contributed by atoms with Crippen LogP contribution in [0.5, 0.6) is 5.75 Å². The molecule has 0 spiro atoms. The third-order valence-electron chi connectivity index (χ3n) is 4.37. The summed E-state index contributed by atoms with van der Waals surface area (Å²) in [5, 5.41) is 8.30. The summed E-state index contributed by atoms with van der Waals surface area (Å²) in [5.41, 5.74) is 1.15. The summed E-state index contributed by atoms with van der Waals surface area (Å²) in [6.07, 6.45) is 0.671. The second kappa shape index (κ2) is 8.03. The lowest BCUT2D eigenvalue weighted by molar-refractivity contribution is 0.0948. The third-order valence-corrected chi connectivity index (χ3v) is 4.37. The molecule has 6 heteroatoms. The molecule has 140 valence electrons. The smallest absolute Gasteiger partial charge is 0.274 e. The molecule has 1 aromatic heterocycles. The molecule has 27 heavy (non-hydrogen) atoms. The van der Waals surface area contributed by atoms with Gasteiger partial charge in [-0.15, -0.1) is 0 Å². The molecule has 0 saturated carbocycles. The summed E-state index contributed by atoms with van der Waals surface area (Å²) in [6, 6.07) is 14.7. The molecule has 1 N–H and O–H groups in total. The van der Waals surface area contributed by atoms with Crippen molar-refractivity contribution in [2.45, 2.75) is 26.3 Å². The summed E-state index contributed by atoms with van der Waals surface area (Å²) in [4.78, 5) is 25.3. The summed E-state index contributed by atoms with van der Waals surface area (Å²) < 4.78 is 6.58. The number of methoxy groups -OCH3 is 1. The van der Waals surface area contributed by atoms with Crippen molar-refractivity contribution < 1.29 is 9.53 Å². The quantitative estimate of drug-likeness (QED) is 0.729. The first-order valence-electron chi connectivity index (χ1n) is 8.94. The van der Waals surface area contributed by atoms with Crippen molar-refractivity contribution >= 4 is 16.7 Å². The van der Waals surface area contributed by atoms with Crippen molar-refractivity contribution in [3.05, 3.63) is 70.1 Å². The molecular weight excluding hydrogens is 342 g/mol. The SMILES string of the molecule is COc1cccc(CCNC(=O)c2nn(C(C)C)c(=O)c3ccccc23)c1. The van der Waals surface area contributed by atoms with E-state index in [9.17, 15) is 9.59 Å². The Labute approximate surface area is 157 Å². The molecule has 0 aliphatic rings. The number of rotatable bonds is 6. The molecule has 3 rings (SSSR count).